The number of rotatable bonds is 1. The maximum Gasteiger partial charge on any atom is 0.191 e. The van der Waals surface area contributed by atoms with Crippen molar-refractivity contribution in [1.29, 1.82) is 0 Å². The van der Waals surface area contributed by atoms with Crippen molar-refractivity contribution in [2.75, 3.05) is 7.11 Å². The van der Waals surface area contributed by atoms with Gasteiger partial charge in [0.2, 0.25) is 0 Å². The van der Waals surface area contributed by atoms with Crippen LogP contribution in [0.15, 0.2) is 24.3 Å². The summed E-state index contributed by atoms with van der Waals surface area (Å²) in [4.78, 5) is 2.92. The maximum atomic E-state index is 12.7. The van der Waals surface area contributed by atoms with E-state index in [2.05, 4.69) is 4.98 Å². The van der Waals surface area contributed by atoms with Gasteiger partial charge < -0.3 is 9.72 Å². The Balaban J connectivity index is 2.67. The highest BCUT2D eigenvalue weighted by Crippen LogP contribution is 2.20. The monoisotopic (exact) mass is 165 g/mol. The number of nitrogens with one attached hydrogen (secondary N) is 1. The molecule has 3 heteroatoms. The van der Waals surface area contributed by atoms with Gasteiger partial charge in [0.25, 0.3) is 0 Å². The van der Waals surface area contributed by atoms with Crippen molar-refractivity contribution in [3.63, 3.8) is 0 Å². The average molecular weight is 165 g/mol. The molecule has 0 saturated carbocycles. The lowest BCUT2D eigenvalue weighted by atomic mass is 10.2. The minimum Gasteiger partial charge on any atom is -0.482 e. The van der Waals surface area contributed by atoms with Gasteiger partial charge >= 0.3 is 0 Å². The third kappa shape index (κ3) is 1.03. The molecule has 12 heavy (non-hydrogen) atoms. The fourth-order valence-corrected chi connectivity index (χ4v) is 1.18. The SMILES string of the molecule is COc1cc2ccc(F)cc2[nH]1. The van der Waals surface area contributed by atoms with Crippen molar-refractivity contribution in [2.24, 2.45) is 0 Å². The lowest BCUT2D eigenvalue weighted by molar-refractivity contribution is 0.401. The second kappa shape index (κ2) is 2.52. The van der Waals surface area contributed by atoms with Gasteiger partial charge in [0, 0.05) is 11.5 Å². The van der Waals surface area contributed by atoms with Gasteiger partial charge in [-0.05, 0) is 18.2 Å². The molecule has 1 heterocycles. The van der Waals surface area contributed by atoms with E-state index in [-0.39, 0.29) is 5.82 Å². The standard InChI is InChI=1S/C9H8FNO/c1-12-9-4-6-2-3-7(10)5-8(6)11-9/h2-5,11H,1H3. The van der Waals surface area contributed by atoms with Crippen LogP contribution >= 0.6 is 0 Å². The highest BCUT2D eigenvalue weighted by Gasteiger charge is 2.00. The minimum atomic E-state index is -0.244. The quantitative estimate of drug-likeness (QED) is 0.689. The third-order valence-electron chi connectivity index (χ3n) is 1.78. The molecule has 0 spiro atoms. The number of hydrogen-bond acceptors (Lipinski definition) is 1. The first-order chi connectivity index (χ1) is 5.79. The van der Waals surface area contributed by atoms with E-state index in [0.717, 1.165) is 10.9 Å². The largest absolute Gasteiger partial charge is 0.482 e. The average Bonchev–Trinajstić information content (AvgIpc) is 2.46. The molecule has 0 bridgehead atoms. The number of aromatic amines is 1. The number of H-pyrrole nitrogens is 1. The molecule has 0 aliphatic rings. The predicted octanol–water partition coefficient (Wildman–Crippen LogP) is 2.32. The van der Waals surface area contributed by atoms with Crippen LogP contribution in [0, 0.1) is 5.82 Å². The van der Waals surface area contributed by atoms with Crippen LogP contribution in [0.2, 0.25) is 0 Å². The van der Waals surface area contributed by atoms with Crippen LogP contribution in [0.1, 0.15) is 0 Å². The molecule has 2 aromatic rings. The minimum absolute atomic E-state index is 0.244. The van der Waals surface area contributed by atoms with E-state index < -0.39 is 0 Å². The van der Waals surface area contributed by atoms with E-state index in [1.807, 2.05) is 6.07 Å². The number of methoxy groups -OCH3 is 1. The normalized spacial score (nSPS) is 10.5. The topological polar surface area (TPSA) is 25.0 Å². The van der Waals surface area contributed by atoms with Crippen molar-refractivity contribution in [3.05, 3.63) is 30.1 Å². The van der Waals surface area contributed by atoms with Crippen LogP contribution in [-0.4, -0.2) is 12.1 Å². The molecule has 0 saturated heterocycles. The van der Waals surface area contributed by atoms with Gasteiger partial charge in [-0.15, -0.1) is 0 Å². The van der Waals surface area contributed by atoms with Crippen molar-refractivity contribution >= 4 is 10.9 Å². The molecule has 1 aromatic heterocycles. The number of fused-ring (bicyclic) bond motifs is 1. The molecule has 0 radical (unpaired) electrons. The summed E-state index contributed by atoms with van der Waals surface area (Å²) >= 11 is 0. The molecule has 0 unspecified atom stereocenters. The molecule has 2 nitrogen and oxygen atoms in total. The van der Waals surface area contributed by atoms with Gasteiger partial charge in [0.15, 0.2) is 5.88 Å². The Morgan fingerprint density at radius 2 is 2.17 bits per heavy atom. The van der Waals surface area contributed by atoms with E-state index in [9.17, 15) is 4.39 Å². The van der Waals surface area contributed by atoms with Crippen LogP contribution in [0.5, 0.6) is 5.88 Å². The molecule has 0 aliphatic carbocycles. The van der Waals surface area contributed by atoms with Crippen LogP contribution in [0.25, 0.3) is 10.9 Å². The molecular weight excluding hydrogens is 157 g/mol. The van der Waals surface area contributed by atoms with Crippen LogP contribution in [0.4, 0.5) is 4.39 Å². The maximum absolute atomic E-state index is 12.7. The zero-order valence-electron chi connectivity index (χ0n) is 6.60. The van der Waals surface area contributed by atoms with Gasteiger partial charge in [0.1, 0.15) is 5.82 Å². The Kier molecular flexibility index (Phi) is 1.50. The van der Waals surface area contributed by atoms with Gasteiger partial charge in [0.05, 0.1) is 12.6 Å². The van der Waals surface area contributed by atoms with Crippen molar-refractivity contribution in [1.82, 2.24) is 4.98 Å². The van der Waals surface area contributed by atoms with Crippen molar-refractivity contribution in [2.45, 2.75) is 0 Å². The summed E-state index contributed by atoms with van der Waals surface area (Å²) in [6, 6.07) is 6.41. The summed E-state index contributed by atoms with van der Waals surface area (Å²) in [6.07, 6.45) is 0. The first-order valence-corrected chi connectivity index (χ1v) is 3.62. The van der Waals surface area contributed by atoms with Gasteiger partial charge in [-0.3, -0.25) is 0 Å². The Labute approximate surface area is 69.0 Å². The van der Waals surface area contributed by atoms with E-state index in [4.69, 9.17) is 4.74 Å². The third-order valence-corrected chi connectivity index (χ3v) is 1.78. The molecule has 1 aromatic carbocycles. The molecule has 0 atom stereocenters. The first-order valence-electron chi connectivity index (χ1n) is 3.62. The summed E-state index contributed by atoms with van der Waals surface area (Å²) in [5, 5.41) is 0.952. The predicted molar refractivity (Wildman–Crippen MR) is 44.8 cm³/mol. The van der Waals surface area contributed by atoms with Crippen LogP contribution in [-0.2, 0) is 0 Å². The number of benzene rings is 1. The van der Waals surface area contributed by atoms with Crippen LogP contribution < -0.4 is 4.74 Å². The Bertz CT molecular complexity index is 408. The van der Waals surface area contributed by atoms with E-state index in [0.29, 0.717) is 5.88 Å². The fraction of sp³-hybridized carbons (Fsp3) is 0.111. The summed E-state index contributed by atoms with van der Waals surface area (Å²) in [5.74, 6) is 0.405. The highest BCUT2D eigenvalue weighted by molar-refractivity contribution is 5.81. The summed E-state index contributed by atoms with van der Waals surface area (Å²) in [6.45, 7) is 0. The number of halogens is 1. The Morgan fingerprint density at radius 3 is 2.92 bits per heavy atom. The van der Waals surface area contributed by atoms with E-state index >= 15 is 0 Å². The smallest absolute Gasteiger partial charge is 0.191 e. The Morgan fingerprint density at radius 1 is 1.33 bits per heavy atom. The zero-order chi connectivity index (χ0) is 8.55. The fourth-order valence-electron chi connectivity index (χ4n) is 1.18. The lowest BCUT2D eigenvalue weighted by Gasteiger charge is -1.89. The molecule has 1 N–H and O–H groups in total. The summed E-state index contributed by atoms with van der Waals surface area (Å²) < 4.78 is 17.7. The van der Waals surface area contributed by atoms with Gasteiger partial charge in [-0.1, -0.05) is 0 Å². The lowest BCUT2D eigenvalue weighted by Crippen LogP contribution is -1.79. The molecule has 2 rings (SSSR count). The number of aromatic nitrogens is 1. The Hall–Kier alpha value is -1.51. The van der Waals surface area contributed by atoms with Gasteiger partial charge in [-0.25, -0.2) is 4.39 Å². The first kappa shape index (κ1) is 7.16. The van der Waals surface area contributed by atoms with E-state index in [1.54, 1.807) is 13.2 Å². The molecule has 0 fully saturated rings. The summed E-state index contributed by atoms with van der Waals surface area (Å²) in [5.41, 5.74) is 0.756. The molecule has 62 valence electrons. The molecule has 0 amide bonds. The molecule has 0 aliphatic heterocycles. The van der Waals surface area contributed by atoms with Crippen LogP contribution in [0.3, 0.4) is 0 Å². The second-order valence-electron chi connectivity index (χ2n) is 2.57. The second-order valence-corrected chi connectivity index (χ2v) is 2.57. The van der Waals surface area contributed by atoms with Crippen molar-refractivity contribution < 1.29 is 9.13 Å². The van der Waals surface area contributed by atoms with Gasteiger partial charge in [-0.2, -0.15) is 0 Å². The molecular formula is C9H8FNO. The highest BCUT2D eigenvalue weighted by atomic mass is 19.1. The van der Waals surface area contributed by atoms with Crippen molar-refractivity contribution in [3.8, 4) is 5.88 Å². The number of hydrogen-bond donors (Lipinski definition) is 1. The number of ether oxygens (including phenoxy) is 1. The van der Waals surface area contributed by atoms with E-state index in [1.165, 1.54) is 12.1 Å². The summed E-state index contributed by atoms with van der Waals surface area (Å²) in [7, 11) is 1.57. The zero-order valence-corrected chi connectivity index (χ0v) is 6.60.